The maximum atomic E-state index is 12.1. The summed E-state index contributed by atoms with van der Waals surface area (Å²) >= 11 is 7.15. The standard InChI is InChI=1S/C14H12ClNO3S/c1-8-3-4-11(9(7-8)14(18)19-2)16-13(17)12-10(15)5-6-20-12/h3-7H,1-2H3,(H,16,17). The van der Waals surface area contributed by atoms with Crippen LogP contribution in [0.2, 0.25) is 5.02 Å². The van der Waals surface area contributed by atoms with Crippen molar-refractivity contribution in [3.05, 3.63) is 50.7 Å². The number of ether oxygens (including phenoxy) is 1. The van der Waals surface area contributed by atoms with Crippen LogP contribution in [0.1, 0.15) is 25.6 Å². The number of nitrogens with one attached hydrogen (secondary N) is 1. The highest BCUT2D eigenvalue weighted by molar-refractivity contribution is 7.12. The number of methoxy groups -OCH3 is 1. The summed E-state index contributed by atoms with van der Waals surface area (Å²) in [5.74, 6) is -0.847. The lowest BCUT2D eigenvalue weighted by Crippen LogP contribution is -2.14. The molecule has 1 aromatic carbocycles. The molecule has 20 heavy (non-hydrogen) atoms. The van der Waals surface area contributed by atoms with Crippen LogP contribution >= 0.6 is 22.9 Å². The van der Waals surface area contributed by atoms with Gasteiger partial charge < -0.3 is 10.1 Å². The molecule has 0 aliphatic rings. The highest BCUT2D eigenvalue weighted by Crippen LogP contribution is 2.25. The monoisotopic (exact) mass is 309 g/mol. The van der Waals surface area contributed by atoms with Gasteiger partial charge in [-0.3, -0.25) is 4.79 Å². The van der Waals surface area contributed by atoms with E-state index in [4.69, 9.17) is 16.3 Å². The summed E-state index contributed by atoms with van der Waals surface area (Å²) in [7, 11) is 1.30. The molecule has 0 aliphatic carbocycles. The number of rotatable bonds is 3. The Balaban J connectivity index is 2.32. The van der Waals surface area contributed by atoms with E-state index in [0.717, 1.165) is 5.56 Å². The van der Waals surface area contributed by atoms with Crippen LogP contribution in [0.3, 0.4) is 0 Å². The molecular weight excluding hydrogens is 298 g/mol. The van der Waals surface area contributed by atoms with Crippen LogP contribution in [0.25, 0.3) is 0 Å². The third kappa shape index (κ3) is 3.00. The van der Waals surface area contributed by atoms with Gasteiger partial charge in [0.2, 0.25) is 0 Å². The minimum atomic E-state index is -0.499. The second-order valence-electron chi connectivity index (χ2n) is 4.09. The van der Waals surface area contributed by atoms with E-state index >= 15 is 0 Å². The van der Waals surface area contributed by atoms with E-state index in [2.05, 4.69) is 5.32 Å². The van der Waals surface area contributed by atoms with E-state index in [1.54, 1.807) is 29.6 Å². The second kappa shape index (κ2) is 6.07. The molecule has 1 amide bonds. The Morgan fingerprint density at radius 1 is 1.30 bits per heavy atom. The van der Waals surface area contributed by atoms with Gasteiger partial charge in [0.1, 0.15) is 4.88 Å². The number of carbonyl (C=O) groups excluding carboxylic acids is 2. The highest BCUT2D eigenvalue weighted by atomic mass is 35.5. The van der Waals surface area contributed by atoms with Crippen LogP contribution in [-0.4, -0.2) is 19.0 Å². The van der Waals surface area contributed by atoms with Gasteiger partial charge in [-0.05, 0) is 30.5 Å². The second-order valence-corrected chi connectivity index (χ2v) is 5.42. The van der Waals surface area contributed by atoms with E-state index < -0.39 is 5.97 Å². The molecule has 0 aliphatic heterocycles. The minimum absolute atomic E-state index is 0.313. The molecule has 0 bridgehead atoms. The molecule has 1 N–H and O–H groups in total. The zero-order valence-corrected chi connectivity index (χ0v) is 12.5. The largest absolute Gasteiger partial charge is 0.465 e. The summed E-state index contributed by atoms with van der Waals surface area (Å²) in [4.78, 5) is 24.2. The molecule has 1 heterocycles. The first-order chi connectivity index (χ1) is 9.52. The topological polar surface area (TPSA) is 55.4 Å². The fraction of sp³-hybridized carbons (Fsp3) is 0.143. The first-order valence-corrected chi connectivity index (χ1v) is 7.02. The normalized spacial score (nSPS) is 10.2. The number of esters is 1. The highest BCUT2D eigenvalue weighted by Gasteiger charge is 2.17. The number of halogens is 1. The smallest absolute Gasteiger partial charge is 0.339 e. The SMILES string of the molecule is COC(=O)c1cc(C)ccc1NC(=O)c1sccc1Cl. The number of hydrogen-bond acceptors (Lipinski definition) is 4. The van der Waals surface area contributed by atoms with Crippen LogP contribution in [0.4, 0.5) is 5.69 Å². The van der Waals surface area contributed by atoms with Crippen LogP contribution in [0.15, 0.2) is 29.6 Å². The van der Waals surface area contributed by atoms with Gasteiger partial charge in [-0.2, -0.15) is 0 Å². The van der Waals surface area contributed by atoms with Gasteiger partial charge in [0, 0.05) is 0 Å². The van der Waals surface area contributed by atoms with E-state index in [1.807, 2.05) is 6.92 Å². The summed E-state index contributed by atoms with van der Waals surface area (Å²) in [5.41, 5.74) is 1.61. The van der Waals surface area contributed by atoms with Crippen molar-refractivity contribution in [2.75, 3.05) is 12.4 Å². The summed E-state index contributed by atoms with van der Waals surface area (Å²) in [6, 6.07) is 6.79. The molecule has 6 heteroatoms. The molecule has 0 saturated carbocycles. The van der Waals surface area contributed by atoms with Crippen molar-refractivity contribution < 1.29 is 14.3 Å². The fourth-order valence-corrected chi connectivity index (χ4v) is 2.72. The van der Waals surface area contributed by atoms with Crippen molar-refractivity contribution in [3.8, 4) is 0 Å². The zero-order valence-electron chi connectivity index (χ0n) is 10.9. The zero-order chi connectivity index (χ0) is 14.7. The summed E-state index contributed by atoms with van der Waals surface area (Å²) in [6.07, 6.45) is 0. The maximum Gasteiger partial charge on any atom is 0.339 e. The number of amides is 1. The number of thiophene rings is 1. The summed E-state index contributed by atoms with van der Waals surface area (Å²) in [5, 5.41) is 4.80. The number of aryl methyl sites for hydroxylation is 1. The van der Waals surface area contributed by atoms with Crippen LogP contribution in [0, 0.1) is 6.92 Å². The third-order valence-corrected chi connectivity index (χ3v) is 3.99. The van der Waals surface area contributed by atoms with Crippen molar-refractivity contribution in [2.24, 2.45) is 0 Å². The number of carbonyl (C=O) groups is 2. The molecule has 0 saturated heterocycles. The Labute approximate surface area is 125 Å². The van der Waals surface area contributed by atoms with Crippen molar-refractivity contribution in [1.29, 1.82) is 0 Å². The van der Waals surface area contributed by atoms with Gasteiger partial charge in [-0.1, -0.05) is 23.2 Å². The summed E-state index contributed by atoms with van der Waals surface area (Å²) < 4.78 is 4.71. The van der Waals surface area contributed by atoms with Gasteiger partial charge in [-0.15, -0.1) is 11.3 Å². The van der Waals surface area contributed by atoms with E-state index in [1.165, 1.54) is 18.4 Å². The molecule has 0 atom stereocenters. The Kier molecular flexibility index (Phi) is 4.42. The number of hydrogen-bond donors (Lipinski definition) is 1. The predicted molar refractivity (Wildman–Crippen MR) is 79.8 cm³/mol. The van der Waals surface area contributed by atoms with Crippen LogP contribution in [0.5, 0.6) is 0 Å². The molecule has 104 valence electrons. The Bertz CT molecular complexity index is 666. The van der Waals surface area contributed by atoms with Crippen LogP contribution in [-0.2, 0) is 4.74 Å². The third-order valence-electron chi connectivity index (χ3n) is 2.65. The Morgan fingerprint density at radius 3 is 2.65 bits per heavy atom. The van der Waals surface area contributed by atoms with Crippen molar-refractivity contribution >= 4 is 40.5 Å². The quantitative estimate of drug-likeness (QED) is 0.879. The molecule has 1 aromatic heterocycles. The van der Waals surface area contributed by atoms with E-state index in [9.17, 15) is 9.59 Å². The predicted octanol–water partition coefficient (Wildman–Crippen LogP) is 3.75. The van der Waals surface area contributed by atoms with Crippen molar-refractivity contribution in [1.82, 2.24) is 0 Å². The van der Waals surface area contributed by atoms with Gasteiger partial charge in [-0.25, -0.2) is 4.79 Å². The minimum Gasteiger partial charge on any atom is -0.465 e. The van der Waals surface area contributed by atoms with Gasteiger partial charge in [0.05, 0.1) is 23.4 Å². The van der Waals surface area contributed by atoms with Crippen LogP contribution < -0.4 is 5.32 Å². The van der Waals surface area contributed by atoms with Gasteiger partial charge >= 0.3 is 5.97 Å². The Hall–Kier alpha value is -1.85. The lowest BCUT2D eigenvalue weighted by Gasteiger charge is -2.10. The van der Waals surface area contributed by atoms with Gasteiger partial charge in [0.15, 0.2) is 0 Å². The molecule has 2 aromatic rings. The summed E-state index contributed by atoms with van der Waals surface area (Å²) in [6.45, 7) is 1.86. The first kappa shape index (κ1) is 14.6. The Morgan fingerprint density at radius 2 is 2.05 bits per heavy atom. The van der Waals surface area contributed by atoms with E-state index in [0.29, 0.717) is 21.2 Å². The maximum absolute atomic E-state index is 12.1. The molecule has 4 nitrogen and oxygen atoms in total. The molecule has 2 rings (SSSR count). The molecule has 0 radical (unpaired) electrons. The molecule has 0 spiro atoms. The lowest BCUT2D eigenvalue weighted by atomic mass is 10.1. The lowest BCUT2D eigenvalue weighted by molar-refractivity contribution is 0.0602. The fourth-order valence-electron chi connectivity index (χ4n) is 1.68. The molecule has 0 fully saturated rings. The average Bonchev–Trinajstić information content (AvgIpc) is 2.86. The van der Waals surface area contributed by atoms with Gasteiger partial charge in [0.25, 0.3) is 5.91 Å². The average molecular weight is 310 g/mol. The number of anilines is 1. The number of benzene rings is 1. The van der Waals surface area contributed by atoms with E-state index in [-0.39, 0.29) is 5.91 Å². The van der Waals surface area contributed by atoms with Crippen molar-refractivity contribution in [2.45, 2.75) is 6.92 Å². The first-order valence-electron chi connectivity index (χ1n) is 5.76. The van der Waals surface area contributed by atoms with Crippen molar-refractivity contribution in [3.63, 3.8) is 0 Å². The molecular formula is C14H12ClNO3S. The molecule has 0 unspecified atom stereocenters.